The minimum atomic E-state index is -0.650. The average molecular weight is 489 g/mol. The molecule has 0 spiro atoms. The lowest BCUT2D eigenvalue weighted by molar-refractivity contribution is -0.124. The van der Waals surface area contributed by atoms with Crippen LogP contribution in [0, 0.1) is 0 Å². The summed E-state index contributed by atoms with van der Waals surface area (Å²) in [7, 11) is 1.64. The predicted molar refractivity (Wildman–Crippen MR) is 140 cm³/mol. The third-order valence-electron chi connectivity index (χ3n) is 7.15. The zero-order valence-corrected chi connectivity index (χ0v) is 20.9. The Labute approximate surface area is 211 Å². The van der Waals surface area contributed by atoms with E-state index in [-0.39, 0.29) is 11.3 Å². The molecule has 1 N–H and O–H groups in total. The minimum absolute atomic E-state index is 0.0651. The highest BCUT2D eigenvalue weighted by Crippen LogP contribution is 2.52. The van der Waals surface area contributed by atoms with Gasteiger partial charge in [0.05, 0.1) is 7.11 Å². The third-order valence-corrected chi connectivity index (χ3v) is 7.40. The zero-order valence-electron chi connectivity index (χ0n) is 20.2. The zero-order chi connectivity index (χ0) is 24.6. The molecule has 35 heavy (non-hydrogen) atoms. The van der Waals surface area contributed by atoms with Crippen molar-refractivity contribution in [1.29, 1.82) is 0 Å². The summed E-state index contributed by atoms with van der Waals surface area (Å²) in [5.74, 6) is 1.38. The Balaban J connectivity index is 1.43. The molecule has 1 saturated heterocycles. The maximum absolute atomic E-state index is 12.6. The molecule has 1 fully saturated rings. The number of hydrogen-bond donors (Lipinski definition) is 1. The van der Waals surface area contributed by atoms with Crippen LogP contribution in [0.3, 0.4) is 0 Å². The topological polar surface area (TPSA) is 50.8 Å². The van der Waals surface area contributed by atoms with Crippen molar-refractivity contribution in [3.05, 3.63) is 94.5 Å². The Morgan fingerprint density at radius 2 is 1.83 bits per heavy atom. The fourth-order valence-corrected chi connectivity index (χ4v) is 5.31. The normalized spacial score (nSPS) is 20.3. The highest BCUT2D eigenvalue weighted by atomic mass is 35.5. The van der Waals surface area contributed by atoms with Crippen LogP contribution in [0.25, 0.3) is 6.08 Å². The third kappa shape index (κ3) is 4.04. The van der Waals surface area contributed by atoms with Crippen LogP contribution in [0.2, 0.25) is 5.02 Å². The van der Waals surface area contributed by atoms with Crippen LogP contribution in [0.4, 0.5) is 5.69 Å². The standard InChI is InChI=1S/C29H29ClN2O3/c1-28(2)23-6-4-5-7-24(23)32-17-15-27(33)31-29(28,32)16-14-20-10-13-25(26(18-20)34-3)35-19-21-8-11-22(30)12-9-21/h4-14,16,18H,15,17,19H2,1-3H3,(H,31,33)/b16-14+. The molecule has 0 aromatic heterocycles. The van der Waals surface area contributed by atoms with Gasteiger partial charge < -0.3 is 19.7 Å². The van der Waals surface area contributed by atoms with Crippen molar-refractivity contribution in [3.63, 3.8) is 0 Å². The number of anilines is 1. The molecule has 1 amide bonds. The van der Waals surface area contributed by atoms with Gasteiger partial charge in [-0.05, 0) is 53.1 Å². The van der Waals surface area contributed by atoms with Gasteiger partial charge in [-0.3, -0.25) is 4.79 Å². The number of ether oxygens (including phenoxy) is 2. The number of fused-ring (bicyclic) bond motifs is 3. The maximum Gasteiger partial charge on any atom is 0.223 e. The average Bonchev–Trinajstić information content (AvgIpc) is 3.06. The monoisotopic (exact) mass is 488 g/mol. The van der Waals surface area contributed by atoms with Gasteiger partial charge in [0.25, 0.3) is 0 Å². The van der Waals surface area contributed by atoms with Gasteiger partial charge in [-0.15, -0.1) is 0 Å². The lowest BCUT2D eigenvalue weighted by Gasteiger charge is -2.49. The summed E-state index contributed by atoms with van der Waals surface area (Å²) in [5.41, 5.74) is 3.42. The summed E-state index contributed by atoms with van der Waals surface area (Å²) in [6.07, 6.45) is 4.65. The largest absolute Gasteiger partial charge is 0.493 e. The number of nitrogens with zero attached hydrogens (tertiary/aromatic N) is 1. The SMILES string of the molecule is COc1cc(/C=C/C23NC(=O)CCN2c2ccccc2C3(C)C)ccc1OCc1ccc(Cl)cc1. The fourth-order valence-electron chi connectivity index (χ4n) is 5.18. The molecule has 5 nitrogen and oxygen atoms in total. The second kappa shape index (κ2) is 8.97. The van der Waals surface area contributed by atoms with Crippen LogP contribution in [0.5, 0.6) is 11.5 Å². The van der Waals surface area contributed by atoms with Gasteiger partial charge in [0, 0.05) is 29.1 Å². The van der Waals surface area contributed by atoms with Gasteiger partial charge in [0.15, 0.2) is 11.5 Å². The molecule has 1 unspecified atom stereocenters. The van der Waals surface area contributed by atoms with Crippen LogP contribution in [0.1, 0.15) is 37.0 Å². The van der Waals surface area contributed by atoms with Crippen molar-refractivity contribution in [2.24, 2.45) is 0 Å². The molecular formula is C29H29ClN2O3. The number of nitrogens with one attached hydrogen (secondary N) is 1. The second-order valence-corrected chi connectivity index (χ2v) is 9.95. The van der Waals surface area contributed by atoms with E-state index in [4.69, 9.17) is 21.1 Å². The molecule has 3 aromatic rings. The van der Waals surface area contributed by atoms with E-state index < -0.39 is 5.66 Å². The molecule has 2 heterocycles. The molecule has 6 heteroatoms. The molecule has 3 aromatic carbocycles. The minimum Gasteiger partial charge on any atom is -0.493 e. The number of halogens is 1. The van der Waals surface area contributed by atoms with Crippen LogP contribution >= 0.6 is 11.6 Å². The van der Waals surface area contributed by atoms with E-state index in [1.54, 1.807) is 7.11 Å². The number of para-hydroxylation sites is 1. The first-order valence-corrected chi connectivity index (χ1v) is 12.1. The molecule has 0 bridgehead atoms. The molecule has 5 rings (SSSR count). The van der Waals surface area contributed by atoms with Crippen molar-refractivity contribution >= 4 is 29.3 Å². The highest BCUT2D eigenvalue weighted by Gasteiger charge is 2.57. The number of carbonyl (C=O) groups is 1. The highest BCUT2D eigenvalue weighted by molar-refractivity contribution is 6.30. The number of hydrogen-bond acceptors (Lipinski definition) is 4. The van der Waals surface area contributed by atoms with Crippen molar-refractivity contribution < 1.29 is 14.3 Å². The van der Waals surface area contributed by atoms with Crippen molar-refractivity contribution in [1.82, 2.24) is 5.32 Å². The molecule has 2 aliphatic rings. The maximum atomic E-state index is 12.6. The molecule has 0 aliphatic carbocycles. The van der Waals surface area contributed by atoms with Crippen LogP contribution in [0.15, 0.2) is 72.8 Å². The summed E-state index contributed by atoms with van der Waals surface area (Å²) in [6, 6.07) is 21.9. The number of benzene rings is 3. The lowest BCUT2D eigenvalue weighted by Crippen LogP contribution is -2.68. The van der Waals surface area contributed by atoms with Crippen molar-refractivity contribution in [2.45, 2.75) is 38.0 Å². The van der Waals surface area contributed by atoms with Crippen molar-refractivity contribution in [3.8, 4) is 11.5 Å². The summed E-state index contributed by atoms with van der Waals surface area (Å²) >= 11 is 5.97. The van der Waals surface area contributed by atoms with Gasteiger partial charge in [-0.1, -0.05) is 67.9 Å². The first-order valence-electron chi connectivity index (χ1n) is 11.8. The first-order chi connectivity index (χ1) is 16.8. The summed E-state index contributed by atoms with van der Waals surface area (Å²) in [6.45, 7) is 5.47. The fraction of sp³-hybridized carbons (Fsp3) is 0.276. The van der Waals surface area contributed by atoms with Crippen LogP contribution in [-0.4, -0.2) is 25.2 Å². The van der Waals surface area contributed by atoms with Crippen molar-refractivity contribution in [2.75, 3.05) is 18.6 Å². The molecule has 1 atom stereocenters. The van der Waals surface area contributed by atoms with E-state index in [9.17, 15) is 4.79 Å². The molecule has 2 aliphatic heterocycles. The van der Waals surface area contributed by atoms with Crippen LogP contribution in [-0.2, 0) is 16.8 Å². The van der Waals surface area contributed by atoms with E-state index in [1.807, 2.05) is 42.5 Å². The number of carbonyl (C=O) groups excluding carboxylic acids is 1. The number of methoxy groups -OCH3 is 1. The summed E-state index contributed by atoms with van der Waals surface area (Å²) in [5, 5.41) is 4.01. The Morgan fingerprint density at radius 1 is 1.06 bits per heavy atom. The number of amides is 1. The Morgan fingerprint density at radius 3 is 2.60 bits per heavy atom. The van der Waals surface area contributed by atoms with Gasteiger partial charge in [0.2, 0.25) is 5.91 Å². The predicted octanol–water partition coefficient (Wildman–Crippen LogP) is 5.95. The molecule has 0 radical (unpaired) electrons. The Kier molecular flexibility index (Phi) is 5.97. The van der Waals surface area contributed by atoms with Crippen LogP contribution < -0.4 is 19.7 Å². The van der Waals surface area contributed by atoms with E-state index in [0.717, 1.165) is 11.1 Å². The van der Waals surface area contributed by atoms with Gasteiger partial charge in [-0.2, -0.15) is 0 Å². The number of rotatable bonds is 6. The van der Waals surface area contributed by atoms with E-state index in [1.165, 1.54) is 11.3 Å². The van der Waals surface area contributed by atoms with Gasteiger partial charge in [0.1, 0.15) is 12.3 Å². The van der Waals surface area contributed by atoms with Gasteiger partial charge >= 0.3 is 0 Å². The van der Waals surface area contributed by atoms with E-state index in [0.29, 0.717) is 36.1 Å². The van der Waals surface area contributed by atoms with E-state index in [2.05, 4.69) is 60.5 Å². The lowest BCUT2D eigenvalue weighted by atomic mass is 9.74. The summed E-state index contributed by atoms with van der Waals surface area (Å²) < 4.78 is 11.6. The molecule has 180 valence electrons. The summed E-state index contributed by atoms with van der Waals surface area (Å²) in [4.78, 5) is 14.9. The van der Waals surface area contributed by atoms with E-state index >= 15 is 0 Å². The second-order valence-electron chi connectivity index (χ2n) is 9.52. The molecular weight excluding hydrogens is 460 g/mol. The Hall–Kier alpha value is -3.44. The Bertz CT molecular complexity index is 1290. The molecule has 0 saturated carbocycles. The van der Waals surface area contributed by atoms with Gasteiger partial charge in [-0.25, -0.2) is 0 Å². The quantitative estimate of drug-likeness (QED) is 0.465. The smallest absolute Gasteiger partial charge is 0.223 e. The first kappa shape index (κ1) is 23.3.